The highest BCUT2D eigenvalue weighted by molar-refractivity contribution is 8.01. The first-order chi connectivity index (χ1) is 12.8. The van der Waals surface area contributed by atoms with Crippen LogP contribution in [0.3, 0.4) is 0 Å². The molecule has 2 nitrogen and oxygen atoms in total. The molecule has 0 N–H and O–H groups in total. The van der Waals surface area contributed by atoms with Crippen molar-refractivity contribution in [2.45, 2.75) is 11.7 Å². The molecule has 0 saturated carbocycles. The normalized spacial score (nSPS) is 11.1. The lowest BCUT2D eigenvalue weighted by Crippen LogP contribution is -2.27. The Hall–Kier alpha value is -2.52. The van der Waals surface area contributed by atoms with Crippen LogP contribution >= 0.6 is 11.8 Å². The van der Waals surface area contributed by atoms with Gasteiger partial charge in [0.05, 0.1) is 17.1 Å². The molecule has 0 atom stereocenters. The highest BCUT2D eigenvalue weighted by atomic mass is 32.2. The lowest BCUT2D eigenvalue weighted by molar-refractivity contribution is -0.139. The molecule has 0 aliphatic rings. The van der Waals surface area contributed by atoms with Crippen LogP contribution < -0.4 is 0 Å². The number of rotatable bonds is 7. The highest BCUT2D eigenvalue weighted by Crippen LogP contribution is 2.48. The van der Waals surface area contributed by atoms with Gasteiger partial charge >= 0.3 is 5.97 Å². The minimum Gasteiger partial charge on any atom is -0.465 e. The van der Waals surface area contributed by atoms with Gasteiger partial charge in [0.25, 0.3) is 0 Å². The number of benzene rings is 3. The van der Waals surface area contributed by atoms with Crippen molar-refractivity contribution in [2.24, 2.45) is 0 Å². The summed E-state index contributed by atoms with van der Waals surface area (Å²) in [6, 6.07) is 31.0. The highest BCUT2D eigenvalue weighted by Gasteiger charge is 2.37. The summed E-state index contributed by atoms with van der Waals surface area (Å²) in [4.78, 5) is 12.1. The largest absolute Gasteiger partial charge is 0.465 e. The molecule has 0 aliphatic heterocycles. The molecule has 0 spiro atoms. The zero-order chi connectivity index (χ0) is 18.2. The summed E-state index contributed by atoms with van der Waals surface area (Å²) in [5.41, 5.74) is 3.44. The van der Waals surface area contributed by atoms with Crippen LogP contribution in [0.4, 0.5) is 0 Å². The van der Waals surface area contributed by atoms with Crippen molar-refractivity contribution in [1.82, 2.24) is 0 Å². The van der Waals surface area contributed by atoms with Crippen LogP contribution in [-0.4, -0.2) is 18.3 Å². The molecule has 0 aliphatic carbocycles. The summed E-state index contributed by atoms with van der Waals surface area (Å²) in [5.74, 6) is 0.0941. The number of carbonyl (C=O) groups excluding carboxylic acids is 1. The van der Waals surface area contributed by atoms with E-state index in [1.807, 2.05) is 61.5 Å². The molecule has 132 valence electrons. The van der Waals surface area contributed by atoms with E-state index in [-0.39, 0.29) is 11.7 Å². The quantitative estimate of drug-likeness (QED) is 0.423. The van der Waals surface area contributed by atoms with Crippen LogP contribution in [0, 0.1) is 0 Å². The summed E-state index contributed by atoms with van der Waals surface area (Å²) in [7, 11) is 0. The number of hydrogen-bond donors (Lipinski definition) is 0. The van der Waals surface area contributed by atoms with Crippen molar-refractivity contribution in [3.63, 3.8) is 0 Å². The number of ether oxygens (including phenoxy) is 1. The molecule has 0 saturated heterocycles. The Kier molecular flexibility index (Phi) is 6.13. The first kappa shape index (κ1) is 18.3. The third-order valence-electron chi connectivity index (χ3n) is 4.25. The third-order valence-corrected chi connectivity index (χ3v) is 5.77. The summed E-state index contributed by atoms with van der Waals surface area (Å²) in [6.07, 6.45) is 0. The van der Waals surface area contributed by atoms with E-state index >= 15 is 0 Å². The Labute approximate surface area is 159 Å². The van der Waals surface area contributed by atoms with Crippen LogP contribution in [0.15, 0.2) is 91.0 Å². The monoisotopic (exact) mass is 362 g/mol. The Morgan fingerprint density at radius 3 is 1.50 bits per heavy atom. The van der Waals surface area contributed by atoms with Crippen LogP contribution in [0.25, 0.3) is 0 Å². The maximum absolute atomic E-state index is 12.1. The van der Waals surface area contributed by atoms with E-state index < -0.39 is 4.75 Å². The van der Waals surface area contributed by atoms with Gasteiger partial charge in [-0.3, -0.25) is 4.79 Å². The topological polar surface area (TPSA) is 26.3 Å². The van der Waals surface area contributed by atoms with Crippen molar-refractivity contribution in [2.75, 3.05) is 12.4 Å². The van der Waals surface area contributed by atoms with Gasteiger partial charge in [-0.2, -0.15) is 0 Å². The van der Waals surface area contributed by atoms with E-state index in [9.17, 15) is 4.79 Å². The second kappa shape index (κ2) is 8.72. The summed E-state index contributed by atoms with van der Waals surface area (Å²) >= 11 is 1.60. The van der Waals surface area contributed by atoms with Gasteiger partial charge in [0.15, 0.2) is 0 Å². The number of carbonyl (C=O) groups is 1. The fourth-order valence-electron chi connectivity index (χ4n) is 3.14. The van der Waals surface area contributed by atoms with E-state index in [2.05, 4.69) is 36.4 Å². The minimum atomic E-state index is -0.476. The summed E-state index contributed by atoms with van der Waals surface area (Å²) < 4.78 is 4.71. The zero-order valence-electron chi connectivity index (χ0n) is 14.8. The van der Waals surface area contributed by atoms with Gasteiger partial charge < -0.3 is 4.74 Å². The van der Waals surface area contributed by atoms with Gasteiger partial charge in [0.2, 0.25) is 0 Å². The van der Waals surface area contributed by atoms with Gasteiger partial charge in [-0.05, 0) is 23.6 Å². The van der Waals surface area contributed by atoms with Gasteiger partial charge in [-0.15, -0.1) is 11.8 Å². The SMILES string of the molecule is CCOC(=O)CSC(c1ccccc1)(c1ccccc1)c1ccccc1. The predicted octanol–water partition coefficient (Wildman–Crippen LogP) is 5.27. The van der Waals surface area contributed by atoms with Crippen LogP contribution in [0.5, 0.6) is 0 Å². The molecule has 3 aromatic carbocycles. The van der Waals surface area contributed by atoms with E-state index in [1.54, 1.807) is 11.8 Å². The molecule has 26 heavy (non-hydrogen) atoms. The number of esters is 1. The zero-order valence-corrected chi connectivity index (χ0v) is 15.6. The Balaban J connectivity index is 2.16. The average Bonchev–Trinajstić information content (AvgIpc) is 2.71. The van der Waals surface area contributed by atoms with Gasteiger partial charge in [0.1, 0.15) is 0 Å². The van der Waals surface area contributed by atoms with Crippen molar-refractivity contribution in [3.8, 4) is 0 Å². The van der Waals surface area contributed by atoms with Crippen LogP contribution in [-0.2, 0) is 14.3 Å². The third kappa shape index (κ3) is 3.83. The lowest BCUT2D eigenvalue weighted by atomic mass is 9.84. The van der Waals surface area contributed by atoms with Crippen LogP contribution in [0.1, 0.15) is 23.6 Å². The van der Waals surface area contributed by atoms with Gasteiger partial charge in [0, 0.05) is 0 Å². The molecule has 0 radical (unpaired) electrons. The minimum absolute atomic E-state index is 0.190. The Morgan fingerprint density at radius 2 is 1.15 bits per heavy atom. The van der Waals surface area contributed by atoms with Crippen LogP contribution in [0.2, 0.25) is 0 Å². The van der Waals surface area contributed by atoms with E-state index in [0.29, 0.717) is 6.61 Å². The standard InChI is InChI=1S/C23H22O2S/c1-2-25-22(24)18-26-23(19-12-6-3-7-13-19,20-14-8-4-9-15-20)21-16-10-5-11-17-21/h3-17H,2,18H2,1H3. The molecular weight excluding hydrogens is 340 g/mol. The first-order valence-corrected chi connectivity index (χ1v) is 9.72. The molecule has 0 aromatic heterocycles. The second-order valence-corrected chi connectivity index (χ2v) is 7.06. The van der Waals surface area contributed by atoms with E-state index in [0.717, 1.165) is 16.7 Å². The second-order valence-electron chi connectivity index (χ2n) is 5.87. The number of hydrogen-bond acceptors (Lipinski definition) is 3. The van der Waals surface area contributed by atoms with Gasteiger partial charge in [-0.25, -0.2) is 0 Å². The molecule has 3 heteroatoms. The molecule has 3 aromatic rings. The van der Waals surface area contributed by atoms with Crippen molar-refractivity contribution < 1.29 is 9.53 Å². The fourth-order valence-corrected chi connectivity index (χ4v) is 4.46. The number of thioether (sulfide) groups is 1. The van der Waals surface area contributed by atoms with Crippen molar-refractivity contribution in [3.05, 3.63) is 108 Å². The Bertz CT molecular complexity index is 720. The molecule has 0 heterocycles. The first-order valence-electron chi connectivity index (χ1n) is 8.73. The maximum atomic E-state index is 12.1. The molecular formula is C23H22O2S. The summed E-state index contributed by atoms with van der Waals surface area (Å²) in [5, 5.41) is 0. The molecule has 0 unspecified atom stereocenters. The molecule has 0 bridgehead atoms. The van der Waals surface area contributed by atoms with E-state index in [4.69, 9.17) is 4.74 Å². The fraction of sp³-hybridized carbons (Fsp3) is 0.174. The smallest absolute Gasteiger partial charge is 0.315 e. The average molecular weight is 362 g/mol. The molecule has 0 amide bonds. The predicted molar refractivity (Wildman–Crippen MR) is 108 cm³/mol. The van der Waals surface area contributed by atoms with Gasteiger partial charge in [-0.1, -0.05) is 91.0 Å². The van der Waals surface area contributed by atoms with E-state index in [1.165, 1.54) is 0 Å². The molecule has 3 rings (SSSR count). The molecule has 0 fully saturated rings. The summed E-state index contributed by atoms with van der Waals surface area (Å²) in [6.45, 7) is 2.23. The van der Waals surface area contributed by atoms with Crippen molar-refractivity contribution >= 4 is 17.7 Å². The lowest BCUT2D eigenvalue weighted by Gasteiger charge is -2.35. The van der Waals surface area contributed by atoms with Crippen molar-refractivity contribution in [1.29, 1.82) is 0 Å². The Morgan fingerprint density at radius 1 is 0.769 bits per heavy atom. The maximum Gasteiger partial charge on any atom is 0.315 e.